The quantitative estimate of drug-likeness (QED) is 0.790. The number of anilines is 1. The molecule has 0 aliphatic carbocycles. The summed E-state index contributed by atoms with van der Waals surface area (Å²) in [5.41, 5.74) is 0. The molecule has 1 atom stereocenters. The summed E-state index contributed by atoms with van der Waals surface area (Å²) in [7, 11) is 0. The average molecular weight is 305 g/mol. The molecule has 0 aromatic carbocycles. The van der Waals surface area contributed by atoms with E-state index < -0.39 is 0 Å². The van der Waals surface area contributed by atoms with Gasteiger partial charge in [0.2, 0.25) is 0 Å². The van der Waals surface area contributed by atoms with Crippen LogP contribution in [0.25, 0.3) is 0 Å². The second-order valence-corrected chi connectivity index (χ2v) is 5.94. The second-order valence-electron chi connectivity index (χ2n) is 5.94. The van der Waals surface area contributed by atoms with Crippen molar-refractivity contribution >= 4 is 11.8 Å². The average Bonchev–Trinajstić information content (AvgIpc) is 2.61. The molecular weight excluding hydrogens is 282 g/mol. The highest BCUT2D eigenvalue weighted by molar-refractivity contribution is 5.72. The minimum Gasteiger partial charge on any atom is -0.463 e. The first kappa shape index (κ1) is 15.2. The van der Waals surface area contributed by atoms with E-state index in [2.05, 4.69) is 14.9 Å². The van der Waals surface area contributed by atoms with Crippen LogP contribution in [0, 0.1) is 5.92 Å². The van der Waals surface area contributed by atoms with Crippen molar-refractivity contribution in [3.8, 4) is 0 Å². The van der Waals surface area contributed by atoms with Crippen molar-refractivity contribution < 1.29 is 14.3 Å². The van der Waals surface area contributed by atoms with Gasteiger partial charge in [-0.3, -0.25) is 9.78 Å². The summed E-state index contributed by atoms with van der Waals surface area (Å²) in [4.78, 5) is 22.7. The third-order valence-corrected chi connectivity index (χ3v) is 4.39. The van der Waals surface area contributed by atoms with E-state index in [-0.39, 0.29) is 18.0 Å². The molecule has 2 fully saturated rings. The monoisotopic (exact) mass is 305 g/mol. The van der Waals surface area contributed by atoms with Gasteiger partial charge in [0.1, 0.15) is 12.4 Å². The van der Waals surface area contributed by atoms with E-state index in [0.717, 1.165) is 51.2 Å². The van der Waals surface area contributed by atoms with Crippen molar-refractivity contribution in [1.82, 2.24) is 9.97 Å². The highest BCUT2D eigenvalue weighted by atomic mass is 16.6. The molecule has 2 aliphatic rings. The number of piperidine rings is 1. The van der Waals surface area contributed by atoms with E-state index in [1.807, 2.05) is 0 Å². The van der Waals surface area contributed by atoms with Gasteiger partial charge < -0.3 is 14.4 Å². The Balaban J connectivity index is 1.41. The normalized spacial score (nSPS) is 23.3. The number of esters is 1. The predicted octanol–water partition coefficient (Wildman–Crippen LogP) is 1.81. The van der Waals surface area contributed by atoms with E-state index in [1.165, 1.54) is 6.42 Å². The van der Waals surface area contributed by atoms with Gasteiger partial charge in [0, 0.05) is 32.1 Å². The van der Waals surface area contributed by atoms with Crippen molar-refractivity contribution in [2.24, 2.45) is 5.92 Å². The van der Waals surface area contributed by atoms with Crippen molar-refractivity contribution in [1.29, 1.82) is 0 Å². The Morgan fingerprint density at radius 3 is 2.82 bits per heavy atom. The van der Waals surface area contributed by atoms with Crippen molar-refractivity contribution in [3.63, 3.8) is 0 Å². The van der Waals surface area contributed by atoms with E-state index in [9.17, 15) is 4.79 Å². The Kier molecular flexibility index (Phi) is 5.21. The van der Waals surface area contributed by atoms with Gasteiger partial charge >= 0.3 is 5.97 Å². The lowest BCUT2D eigenvalue weighted by molar-refractivity contribution is -0.154. The van der Waals surface area contributed by atoms with Gasteiger partial charge in [0.05, 0.1) is 18.2 Å². The number of aromatic nitrogens is 2. The summed E-state index contributed by atoms with van der Waals surface area (Å²) in [6, 6.07) is 0. The van der Waals surface area contributed by atoms with Crippen LogP contribution in [0.4, 0.5) is 5.82 Å². The van der Waals surface area contributed by atoms with Gasteiger partial charge in [0.25, 0.3) is 0 Å². The fraction of sp³-hybridized carbons (Fsp3) is 0.688. The fourth-order valence-corrected chi connectivity index (χ4v) is 3.03. The van der Waals surface area contributed by atoms with Crippen molar-refractivity contribution in [3.05, 3.63) is 18.6 Å². The number of nitrogens with zero attached hydrogens (tertiary/aromatic N) is 3. The molecule has 0 saturated carbocycles. The first-order chi connectivity index (χ1) is 10.8. The van der Waals surface area contributed by atoms with Crippen LogP contribution >= 0.6 is 0 Å². The molecule has 0 spiro atoms. The molecule has 3 heterocycles. The first-order valence-corrected chi connectivity index (χ1v) is 8.12. The molecule has 1 aromatic rings. The van der Waals surface area contributed by atoms with Gasteiger partial charge in [-0.05, 0) is 32.1 Å². The van der Waals surface area contributed by atoms with Gasteiger partial charge in [-0.2, -0.15) is 0 Å². The number of carbonyl (C=O) groups excluding carboxylic acids is 1. The Morgan fingerprint density at radius 2 is 2.14 bits per heavy atom. The number of ether oxygens (including phenoxy) is 2. The van der Waals surface area contributed by atoms with Crippen LogP contribution in [0.5, 0.6) is 0 Å². The van der Waals surface area contributed by atoms with Crippen LogP contribution in [0.3, 0.4) is 0 Å². The summed E-state index contributed by atoms with van der Waals surface area (Å²) in [5.74, 6) is 0.800. The van der Waals surface area contributed by atoms with E-state index in [4.69, 9.17) is 9.47 Å². The van der Waals surface area contributed by atoms with Gasteiger partial charge in [-0.25, -0.2) is 4.98 Å². The van der Waals surface area contributed by atoms with Crippen molar-refractivity contribution in [2.75, 3.05) is 31.2 Å². The highest BCUT2D eigenvalue weighted by Crippen LogP contribution is 2.22. The largest absolute Gasteiger partial charge is 0.463 e. The first-order valence-electron chi connectivity index (χ1n) is 8.12. The minimum atomic E-state index is -0.0760. The van der Waals surface area contributed by atoms with Crippen LogP contribution in [-0.4, -0.2) is 48.3 Å². The molecule has 1 aromatic heterocycles. The summed E-state index contributed by atoms with van der Waals surface area (Å²) in [6.07, 6.45) is 10.1. The molecule has 0 radical (unpaired) electrons. The molecule has 6 heteroatoms. The second kappa shape index (κ2) is 7.54. The number of rotatable bonds is 4. The predicted molar refractivity (Wildman–Crippen MR) is 81.5 cm³/mol. The minimum absolute atomic E-state index is 0.00323. The van der Waals surface area contributed by atoms with E-state index in [1.54, 1.807) is 18.6 Å². The maximum atomic E-state index is 12.2. The van der Waals surface area contributed by atoms with Crippen LogP contribution in [0.1, 0.15) is 32.1 Å². The molecular formula is C16H23N3O3. The maximum Gasteiger partial charge on any atom is 0.309 e. The van der Waals surface area contributed by atoms with Crippen LogP contribution in [0.2, 0.25) is 0 Å². The Bertz CT molecular complexity index is 469. The molecule has 1 unspecified atom stereocenters. The Hall–Kier alpha value is -1.69. The summed E-state index contributed by atoms with van der Waals surface area (Å²) >= 11 is 0. The van der Waals surface area contributed by atoms with Gasteiger partial charge in [0.15, 0.2) is 0 Å². The zero-order valence-electron chi connectivity index (χ0n) is 12.8. The molecule has 120 valence electrons. The molecule has 0 amide bonds. The molecule has 22 heavy (non-hydrogen) atoms. The summed E-state index contributed by atoms with van der Waals surface area (Å²) in [5, 5.41) is 0. The lowest BCUT2D eigenvalue weighted by Gasteiger charge is -2.31. The fourth-order valence-electron chi connectivity index (χ4n) is 3.03. The highest BCUT2D eigenvalue weighted by Gasteiger charge is 2.27. The third-order valence-electron chi connectivity index (χ3n) is 4.39. The topological polar surface area (TPSA) is 64.6 Å². The molecule has 0 N–H and O–H groups in total. The Morgan fingerprint density at radius 1 is 1.27 bits per heavy atom. The SMILES string of the molecule is O=C(OCC1CCCCO1)C1CCN(c2cnccn2)CC1. The maximum absolute atomic E-state index is 12.2. The molecule has 2 saturated heterocycles. The van der Waals surface area contributed by atoms with Crippen LogP contribution < -0.4 is 4.90 Å². The standard InChI is InChI=1S/C16H23N3O3/c20-16(22-12-14-3-1-2-10-21-14)13-4-8-19(9-5-13)15-11-17-6-7-18-15/h6-7,11,13-14H,1-5,8-10,12H2. The number of hydrogen-bond acceptors (Lipinski definition) is 6. The number of carbonyl (C=O) groups is 1. The zero-order valence-corrected chi connectivity index (χ0v) is 12.8. The Labute approximate surface area is 130 Å². The zero-order chi connectivity index (χ0) is 15.2. The molecule has 3 rings (SSSR count). The van der Waals surface area contributed by atoms with E-state index in [0.29, 0.717) is 6.61 Å². The molecule has 6 nitrogen and oxygen atoms in total. The van der Waals surface area contributed by atoms with Gasteiger partial charge in [-0.1, -0.05) is 0 Å². The van der Waals surface area contributed by atoms with Gasteiger partial charge in [-0.15, -0.1) is 0 Å². The smallest absolute Gasteiger partial charge is 0.309 e. The number of hydrogen-bond donors (Lipinski definition) is 0. The lowest BCUT2D eigenvalue weighted by atomic mass is 9.97. The summed E-state index contributed by atoms with van der Waals surface area (Å²) in [6.45, 7) is 2.83. The lowest BCUT2D eigenvalue weighted by Crippen LogP contribution is -2.38. The van der Waals surface area contributed by atoms with Crippen molar-refractivity contribution in [2.45, 2.75) is 38.2 Å². The molecule has 2 aliphatic heterocycles. The molecule has 0 bridgehead atoms. The third kappa shape index (κ3) is 3.94. The summed E-state index contributed by atoms with van der Waals surface area (Å²) < 4.78 is 11.0. The van der Waals surface area contributed by atoms with Crippen LogP contribution in [0.15, 0.2) is 18.6 Å². The van der Waals surface area contributed by atoms with Crippen LogP contribution in [-0.2, 0) is 14.3 Å². The van der Waals surface area contributed by atoms with E-state index >= 15 is 0 Å².